The first-order valence-electron chi connectivity index (χ1n) is 5.42. The Morgan fingerprint density at radius 1 is 1.53 bits per heavy atom. The van der Waals surface area contributed by atoms with Crippen molar-refractivity contribution in [2.45, 2.75) is 38.8 Å². The predicted molar refractivity (Wildman–Crippen MR) is 54.8 cm³/mol. The first-order valence-corrected chi connectivity index (χ1v) is 5.42. The summed E-state index contributed by atoms with van der Waals surface area (Å²) in [5, 5.41) is 3.38. The van der Waals surface area contributed by atoms with Crippen LogP contribution in [0.2, 0.25) is 0 Å². The molecule has 0 aromatic heterocycles. The predicted octanol–water partition coefficient (Wildman–Crippen LogP) is 0.958. The van der Waals surface area contributed by atoms with Crippen LogP contribution < -0.4 is 5.53 Å². The number of amides is 1. The Morgan fingerprint density at radius 3 is 2.80 bits per heavy atom. The van der Waals surface area contributed by atoms with Crippen LogP contribution in [0.15, 0.2) is 12.4 Å². The molecule has 2 rings (SSSR count). The fourth-order valence-corrected chi connectivity index (χ4v) is 1.73. The maximum absolute atomic E-state index is 11.4. The molecule has 2 aliphatic rings. The van der Waals surface area contributed by atoms with Crippen molar-refractivity contribution < 1.29 is 9.53 Å². The van der Waals surface area contributed by atoms with Crippen molar-refractivity contribution in [3.8, 4) is 0 Å². The minimum atomic E-state index is -0.214. The largest absolute Gasteiger partial charge is 0.347 e. The van der Waals surface area contributed by atoms with Crippen LogP contribution in [0, 0.1) is 0 Å². The van der Waals surface area contributed by atoms with Crippen LogP contribution in [-0.4, -0.2) is 28.3 Å². The first-order chi connectivity index (χ1) is 7.22. The number of ether oxygens (including phenoxy) is 1. The lowest BCUT2D eigenvalue weighted by Crippen LogP contribution is -2.48. The second kappa shape index (κ2) is 3.83. The van der Waals surface area contributed by atoms with Gasteiger partial charge in [0, 0.05) is 18.8 Å². The molecule has 1 saturated heterocycles. The highest BCUT2D eigenvalue weighted by Gasteiger charge is 2.50. The van der Waals surface area contributed by atoms with Gasteiger partial charge in [-0.05, 0) is 6.42 Å². The summed E-state index contributed by atoms with van der Waals surface area (Å²) in [6, 6.07) is 0. The van der Waals surface area contributed by atoms with Crippen LogP contribution in [-0.2, 0) is 9.53 Å². The molecule has 0 saturated carbocycles. The number of nitrogens with one attached hydrogen (secondary N) is 1. The molecule has 1 N–H and O–H groups in total. The lowest BCUT2D eigenvalue weighted by atomic mass is 10.2. The van der Waals surface area contributed by atoms with Crippen molar-refractivity contribution in [2.24, 2.45) is 0 Å². The van der Waals surface area contributed by atoms with Gasteiger partial charge in [0.15, 0.2) is 5.72 Å². The van der Waals surface area contributed by atoms with E-state index in [0.29, 0.717) is 6.42 Å². The van der Waals surface area contributed by atoms with Gasteiger partial charge in [0.05, 0.1) is 6.61 Å². The average Bonchev–Trinajstić information content (AvgIpc) is 2.85. The van der Waals surface area contributed by atoms with Gasteiger partial charge in [-0.25, -0.2) is 5.01 Å². The van der Waals surface area contributed by atoms with Crippen LogP contribution in [0.1, 0.15) is 33.1 Å². The summed E-state index contributed by atoms with van der Waals surface area (Å²) in [4.78, 5) is 11.4. The van der Waals surface area contributed by atoms with Gasteiger partial charge in [0.2, 0.25) is 5.91 Å². The Kier molecular flexibility index (Phi) is 2.67. The third kappa shape index (κ3) is 1.85. The minimum Gasteiger partial charge on any atom is -0.347 e. The molecule has 0 aliphatic carbocycles. The first kappa shape index (κ1) is 10.4. The van der Waals surface area contributed by atoms with Crippen LogP contribution in [0.4, 0.5) is 0 Å². The van der Waals surface area contributed by atoms with E-state index < -0.39 is 0 Å². The Labute approximate surface area is 89.6 Å². The standard InChI is InChI=1S/C10H17N3O2/c1-3-5-10(8-15-10)13-7-6-12(11-13)9(14)4-2/h6-7,11H,3-5,8H2,1-2H3. The summed E-state index contributed by atoms with van der Waals surface area (Å²) in [7, 11) is 0. The highest BCUT2D eigenvalue weighted by molar-refractivity contribution is 5.76. The van der Waals surface area contributed by atoms with Crippen molar-refractivity contribution in [3.63, 3.8) is 0 Å². The number of hydrogen-bond acceptors (Lipinski definition) is 4. The summed E-state index contributed by atoms with van der Waals surface area (Å²) in [6.45, 7) is 4.69. The molecule has 0 bridgehead atoms. The normalized spacial score (nSPS) is 28.7. The van der Waals surface area contributed by atoms with Gasteiger partial charge in [-0.2, -0.15) is 0 Å². The molecular formula is C10H17N3O2. The van der Waals surface area contributed by atoms with E-state index >= 15 is 0 Å². The summed E-state index contributed by atoms with van der Waals surface area (Å²) in [6.07, 6.45) is 6.13. The molecule has 1 atom stereocenters. The molecule has 5 heteroatoms. The Balaban J connectivity index is 1.94. The number of carbonyl (C=O) groups is 1. The van der Waals surface area contributed by atoms with E-state index in [-0.39, 0.29) is 11.6 Å². The van der Waals surface area contributed by atoms with Crippen LogP contribution in [0.5, 0.6) is 0 Å². The Bertz CT molecular complexity index is 286. The lowest BCUT2D eigenvalue weighted by molar-refractivity contribution is -0.134. The van der Waals surface area contributed by atoms with E-state index in [1.54, 1.807) is 6.20 Å². The summed E-state index contributed by atoms with van der Waals surface area (Å²) < 4.78 is 5.46. The molecule has 2 aliphatic heterocycles. The molecule has 1 unspecified atom stereocenters. The second-order valence-electron chi connectivity index (χ2n) is 3.87. The van der Waals surface area contributed by atoms with Crippen molar-refractivity contribution in [1.82, 2.24) is 15.6 Å². The molecule has 0 aromatic rings. The zero-order valence-electron chi connectivity index (χ0n) is 9.19. The molecule has 15 heavy (non-hydrogen) atoms. The van der Waals surface area contributed by atoms with Crippen molar-refractivity contribution >= 4 is 5.91 Å². The molecular weight excluding hydrogens is 194 g/mol. The molecule has 0 radical (unpaired) electrons. The summed E-state index contributed by atoms with van der Waals surface area (Å²) in [5.41, 5.74) is 2.80. The number of epoxide rings is 1. The van der Waals surface area contributed by atoms with Gasteiger partial charge < -0.3 is 4.74 Å². The van der Waals surface area contributed by atoms with Gasteiger partial charge in [-0.1, -0.05) is 20.3 Å². The molecule has 84 valence electrons. The summed E-state index contributed by atoms with van der Waals surface area (Å²) >= 11 is 0. The minimum absolute atomic E-state index is 0.0565. The van der Waals surface area contributed by atoms with Crippen molar-refractivity contribution in [1.29, 1.82) is 0 Å². The Morgan fingerprint density at radius 2 is 2.27 bits per heavy atom. The third-order valence-electron chi connectivity index (χ3n) is 2.71. The van der Waals surface area contributed by atoms with Gasteiger partial charge in [-0.15, -0.1) is 5.53 Å². The van der Waals surface area contributed by atoms with E-state index in [1.165, 1.54) is 5.01 Å². The molecule has 0 spiro atoms. The van der Waals surface area contributed by atoms with E-state index in [4.69, 9.17) is 4.74 Å². The fraction of sp³-hybridized carbons (Fsp3) is 0.700. The highest BCUT2D eigenvalue weighted by atomic mass is 16.6. The Hall–Kier alpha value is -1.07. The number of hydrogen-bond donors (Lipinski definition) is 1. The van der Waals surface area contributed by atoms with Crippen LogP contribution in [0.25, 0.3) is 0 Å². The van der Waals surface area contributed by atoms with E-state index in [2.05, 4.69) is 12.5 Å². The highest BCUT2D eigenvalue weighted by Crippen LogP contribution is 2.36. The maximum atomic E-state index is 11.4. The SMILES string of the molecule is CCCC1(N2C=CN(C(=O)CC)N2)CO1. The smallest absolute Gasteiger partial charge is 0.242 e. The van der Waals surface area contributed by atoms with E-state index in [9.17, 15) is 4.79 Å². The zero-order chi connectivity index (χ0) is 10.9. The molecule has 1 fully saturated rings. The molecule has 1 amide bonds. The molecule has 5 nitrogen and oxygen atoms in total. The number of hydrazine groups is 2. The van der Waals surface area contributed by atoms with Crippen LogP contribution in [0.3, 0.4) is 0 Å². The monoisotopic (exact) mass is 211 g/mol. The summed E-state index contributed by atoms with van der Waals surface area (Å²) in [5.74, 6) is 0.0565. The average molecular weight is 211 g/mol. The van der Waals surface area contributed by atoms with E-state index in [0.717, 1.165) is 19.4 Å². The van der Waals surface area contributed by atoms with Gasteiger partial charge in [0.25, 0.3) is 0 Å². The third-order valence-corrected chi connectivity index (χ3v) is 2.71. The van der Waals surface area contributed by atoms with Crippen LogP contribution >= 0.6 is 0 Å². The fourth-order valence-electron chi connectivity index (χ4n) is 1.73. The molecule has 2 heterocycles. The van der Waals surface area contributed by atoms with Gasteiger partial charge in [0.1, 0.15) is 0 Å². The molecule has 0 aromatic carbocycles. The maximum Gasteiger partial charge on any atom is 0.242 e. The number of rotatable bonds is 4. The lowest BCUT2D eigenvalue weighted by Gasteiger charge is -2.26. The van der Waals surface area contributed by atoms with E-state index in [1.807, 2.05) is 18.1 Å². The second-order valence-corrected chi connectivity index (χ2v) is 3.87. The van der Waals surface area contributed by atoms with Crippen molar-refractivity contribution in [2.75, 3.05) is 6.61 Å². The topological polar surface area (TPSA) is 48.1 Å². The zero-order valence-corrected chi connectivity index (χ0v) is 9.19. The van der Waals surface area contributed by atoms with Gasteiger partial charge >= 0.3 is 0 Å². The van der Waals surface area contributed by atoms with Gasteiger partial charge in [-0.3, -0.25) is 9.80 Å². The van der Waals surface area contributed by atoms with Crippen molar-refractivity contribution in [3.05, 3.63) is 12.4 Å². The quantitative estimate of drug-likeness (QED) is 0.704. The number of nitrogens with zero attached hydrogens (tertiary/aromatic N) is 2. The number of carbonyl (C=O) groups excluding carboxylic acids is 1.